The molecule has 0 unspecified atom stereocenters. The molecule has 15 heteroatoms. The molecule has 3 rings (SSSR count). The molecule has 2 aromatic carbocycles. The van der Waals surface area contributed by atoms with E-state index in [1.807, 2.05) is 0 Å². The maximum Gasteiger partial charge on any atom is 0.387 e. The first kappa shape index (κ1) is 27.1. The van der Waals surface area contributed by atoms with Gasteiger partial charge >= 0.3 is 6.61 Å². The van der Waals surface area contributed by atoms with Crippen LogP contribution in [0.5, 0.6) is 5.75 Å². The van der Waals surface area contributed by atoms with E-state index in [0.29, 0.717) is 28.3 Å². The minimum Gasteiger partial charge on any atom is -0.435 e. The maximum absolute atomic E-state index is 15.0. The van der Waals surface area contributed by atoms with Crippen molar-refractivity contribution in [1.29, 1.82) is 0 Å². The van der Waals surface area contributed by atoms with Crippen LogP contribution in [-0.4, -0.2) is 47.2 Å². The highest BCUT2D eigenvalue weighted by Gasteiger charge is 2.30. The van der Waals surface area contributed by atoms with Crippen LogP contribution in [0.4, 0.5) is 35.4 Å². The molecule has 0 aliphatic carbocycles. The van der Waals surface area contributed by atoms with Gasteiger partial charge in [0.05, 0.1) is 22.1 Å². The van der Waals surface area contributed by atoms with Crippen molar-refractivity contribution >= 4 is 66.9 Å². The molecule has 8 nitrogen and oxygen atoms in total. The molecule has 190 valence electrons. The quantitative estimate of drug-likeness (QED) is 0.303. The Bertz CT molecular complexity index is 1270. The fourth-order valence-corrected chi connectivity index (χ4v) is 5.50. The van der Waals surface area contributed by atoms with E-state index >= 15 is 0 Å². The van der Waals surface area contributed by atoms with Crippen molar-refractivity contribution in [3.8, 4) is 5.75 Å². The lowest BCUT2D eigenvalue weighted by Crippen LogP contribution is -2.27. The maximum atomic E-state index is 15.0. The minimum atomic E-state index is -4.50. The minimum absolute atomic E-state index is 0.0456. The number of sulfonamides is 1. The summed E-state index contributed by atoms with van der Waals surface area (Å²) in [5.74, 6) is -1.18. The summed E-state index contributed by atoms with van der Waals surface area (Å²) in [7, 11) is -1.00. The van der Waals surface area contributed by atoms with Crippen LogP contribution in [0.1, 0.15) is 0 Å². The van der Waals surface area contributed by atoms with E-state index in [1.54, 1.807) is 19.0 Å². The van der Waals surface area contributed by atoms with Gasteiger partial charge in [0.1, 0.15) is 16.5 Å². The van der Waals surface area contributed by atoms with E-state index in [-0.39, 0.29) is 21.6 Å². The molecule has 3 aromatic rings. The number of aromatic nitrogens is 1. The number of hydrogen-bond donors (Lipinski definition) is 2. The summed E-state index contributed by atoms with van der Waals surface area (Å²) < 4.78 is 70.8. The molecule has 0 bridgehead atoms. The van der Waals surface area contributed by atoms with Crippen LogP contribution in [0.25, 0.3) is 0 Å². The molecular weight excluding hydrogens is 550 g/mol. The molecule has 2 N–H and O–H groups in total. The lowest BCUT2D eigenvalue weighted by molar-refractivity contribution is -0.0498. The number of anilines is 4. The Morgan fingerprint density at radius 2 is 1.97 bits per heavy atom. The summed E-state index contributed by atoms with van der Waals surface area (Å²) in [6.45, 7) is -1.91. The highest BCUT2D eigenvalue weighted by molar-refractivity contribution is 7.94. The summed E-state index contributed by atoms with van der Waals surface area (Å²) in [5.41, 5.74) is 0.899. The van der Waals surface area contributed by atoms with Gasteiger partial charge in [0.25, 0.3) is 10.0 Å². The monoisotopic (exact) mass is 569 g/mol. The van der Waals surface area contributed by atoms with Crippen molar-refractivity contribution in [2.75, 3.05) is 41.2 Å². The zero-order chi connectivity index (χ0) is 25.8. The van der Waals surface area contributed by atoms with Crippen molar-refractivity contribution in [1.82, 2.24) is 10.3 Å². The first-order valence-electron chi connectivity index (χ1n) is 9.86. The Balaban J connectivity index is 1.96. The average molecular weight is 570 g/mol. The van der Waals surface area contributed by atoms with Crippen molar-refractivity contribution in [3.05, 3.63) is 52.7 Å². The first-order valence-corrected chi connectivity index (χ1v) is 12.9. The number of alkyl halides is 2. The molecule has 0 fully saturated rings. The number of nitrogens with zero attached hydrogens (tertiary/aromatic N) is 3. The number of likely N-dealkylation sites (N-methyl/N-ethyl adjacent to an activating group) is 2. The molecule has 0 aliphatic rings. The number of halogens is 5. The van der Waals surface area contributed by atoms with Gasteiger partial charge in [-0.1, -0.05) is 11.6 Å². The molecule has 0 spiro atoms. The van der Waals surface area contributed by atoms with E-state index in [2.05, 4.69) is 20.4 Å². The molecule has 0 atom stereocenters. The Morgan fingerprint density at radius 3 is 2.60 bits per heavy atom. The van der Waals surface area contributed by atoms with E-state index in [0.717, 1.165) is 23.5 Å². The number of benzene rings is 2. The fraction of sp³-hybridized carbons (Fsp3) is 0.250. The molecule has 0 aliphatic heterocycles. The van der Waals surface area contributed by atoms with Crippen LogP contribution in [-0.2, 0) is 10.0 Å². The Labute approximate surface area is 214 Å². The second-order valence-corrected chi connectivity index (χ2v) is 10.6. The normalized spacial score (nSPS) is 11.5. The van der Waals surface area contributed by atoms with Crippen LogP contribution >= 0.6 is 34.7 Å². The van der Waals surface area contributed by atoms with Gasteiger partial charge in [-0.2, -0.15) is 17.2 Å². The van der Waals surface area contributed by atoms with Gasteiger partial charge in [0.2, 0.25) is 5.13 Å². The average Bonchev–Trinajstić information content (AvgIpc) is 3.34. The standard InChI is InChI=1S/C20H20Cl2F3N5O3S2/c1-26-5-7-29(2)17-9-12(33-19(24)25)3-4-15(17)28-16-11-14(23)18(10-13(16)21)35(31,32)30(22)20-27-6-8-34-20/h3-4,6,8-11,19,26,28H,5,7H2,1-2H3. The number of thiazole rings is 1. The molecule has 35 heavy (non-hydrogen) atoms. The SMILES string of the molecule is CNCCN(C)c1cc(OC(F)F)ccc1Nc1cc(F)c(S(=O)(=O)N(Cl)c2nccs2)cc1Cl. The van der Waals surface area contributed by atoms with Gasteiger partial charge in [0.15, 0.2) is 0 Å². The Hall–Kier alpha value is -2.45. The molecule has 0 radical (unpaired) electrons. The summed E-state index contributed by atoms with van der Waals surface area (Å²) in [4.78, 5) is 4.82. The highest BCUT2D eigenvalue weighted by atomic mass is 35.5. The zero-order valence-corrected chi connectivity index (χ0v) is 21.5. The Morgan fingerprint density at radius 1 is 1.23 bits per heavy atom. The van der Waals surface area contributed by atoms with Crippen LogP contribution < -0.4 is 24.1 Å². The van der Waals surface area contributed by atoms with Crippen molar-refractivity contribution in [2.24, 2.45) is 0 Å². The molecular formula is C20H20Cl2F3N5O3S2. The van der Waals surface area contributed by atoms with Crippen LogP contribution in [0, 0.1) is 5.82 Å². The molecule has 0 saturated heterocycles. The van der Waals surface area contributed by atoms with E-state index < -0.39 is 27.3 Å². The third-order valence-electron chi connectivity index (χ3n) is 4.65. The third-order valence-corrected chi connectivity index (χ3v) is 8.11. The number of hydrogen-bond acceptors (Lipinski definition) is 8. The topological polar surface area (TPSA) is 86.8 Å². The van der Waals surface area contributed by atoms with Gasteiger partial charge in [-0.05, 0) is 25.2 Å². The van der Waals surface area contributed by atoms with Crippen molar-refractivity contribution in [2.45, 2.75) is 11.5 Å². The summed E-state index contributed by atoms with van der Waals surface area (Å²) in [6.07, 6.45) is 1.35. The second-order valence-electron chi connectivity index (χ2n) is 7.00. The lowest BCUT2D eigenvalue weighted by atomic mass is 10.2. The third kappa shape index (κ3) is 6.41. The van der Waals surface area contributed by atoms with E-state index in [4.69, 9.17) is 23.4 Å². The van der Waals surface area contributed by atoms with E-state index in [9.17, 15) is 21.6 Å². The second kappa shape index (κ2) is 11.5. The predicted molar refractivity (Wildman–Crippen MR) is 133 cm³/mol. The predicted octanol–water partition coefficient (Wildman–Crippen LogP) is 5.29. The van der Waals surface area contributed by atoms with E-state index in [1.165, 1.54) is 29.8 Å². The number of rotatable bonds is 11. The summed E-state index contributed by atoms with van der Waals surface area (Å²) >= 11 is 13.1. The Kier molecular flexibility index (Phi) is 8.94. The van der Waals surface area contributed by atoms with Crippen LogP contribution in [0.15, 0.2) is 46.8 Å². The van der Waals surface area contributed by atoms with Crippen molar-refractivity contribution in [3.63, 3.8) is 0 Å². The highest BCUT2D eigenvalue weighted by Crippen LogP contribution is 2.37. The van der Waals surface area contributed by atoms with Gasteiger partial charge in [-0.25, -0.2) is 9.37 Å². The zero-order valence-electron chi connectivity index (χ0n) is 18.3. The molecule has 0 amide bonds. The molecule has 0 saturated carbocycles. The molecule has 1 heterocycles. The largest absolute Gasteiger partial charge is 0.435 e. The molecule has 1 aromatic heterocycles. The van der Waals surface area contributed by atoms with Gasteiger partial charge in [-0.3, -0.25) is 0 Å². The summed E-state index contributed by atoms with van der Waals surface area (Å²) in [5, 5.41) is 7.24. The van der Waals surface area contributed by atoms with Crippen molar-refractivity contribution < 1.29 is 26.3 Å². The van der Waals surface area contributed by atoms with Gasteiger partial charge < -0.3 is 20.3 Å². The lowest BCUT2D eigenvalue weighted by Gasteiger charge is -2.24. The fourth-order valence-electron chi connectivity index (χ4n) is 2.97. The summed E-state index contributed by atoms with van der Waals surface area (Å²) in [6, 6.07) is 6.00. The first-order chi connectivity index (χ1) is 16.5. The number of nitrogens with one attached hydrogen (secondary N) is 2. The van der Waals surface area contributed by atoms with Crippen LogP contribution in [0.3, 0.4) is 0 Å². The smallest absolute Gasteiger partial charge is 0.387 e. The van der Waals surface area contributed by atoms with Gasteiger partial charge in [0, 0.05) is 55.6 Å². The van der Waals surface area contributed by atoms with Gasteiger partial charge in [-0.15, -0.1) is 15.2 Å². The van der Waals surface area contributed by atoms with Crippen LogP contribution in [0.2, 0.25) is 5.02 Å². The number of ether oxygens (including phenoxy) is 1.